The van der Waals surface area contributed by atoms with E-state index in [0.29, 0.717) is 0 Å². The van der Waals surface area contributed by atoms with Gasteiger partial charge in [0.2, 0.25) is 5.91 Å². The second-order valence-electron chi connectivity index (χ2n) is 8.47. The predicted molar refractivity (Wildman–Crippen MR) is 128 cm³/mol. The van der Waals surface area contributed by atoms with E-state index >= 15 is 0 Å². The van der Waals surface area contributed by atoms with E-state index in [1.165, 1.54) is 5.56 Å². The van der Waals surface area contributed by atoms with Gasteiger partial charge in [-0.2, -0.15) is 11.3 Å². The van der Waals surface area contributed by atoms with Gasteiger partial charge < -0.3 is 15.1 Å². The predicted octanol–water partition coefficient (Wildman–Crippen LogP) is 4.71. The Morgan fingerprint density at radius 1 is 1.13 bits per heavy atom. The molecule has 0 bridgehead atoms. The van der Waals surface area contributed by atoms with Crippen LogP contribution >= 0.6 is 23.6 Å². The third-order valence-electron chi connectivity index (χ3n) is 6.46. The fraction of sp³-hybridized carbons (Fsp3) is 0.417. The van der Waals surface area contributed by atoms with E-state index in [1.807, 2.05) is 28.5 Å². The zero-order valence-electron chi connectivity index (χ0n) is 17.4. The Bertz CT molecular complexity index is 886. The number of nitrogens with zero attached hydrogens (tertiary/aromatic N) is 2. The number of carbonyl (C=O) groups is 1. The topological polar surface area (TPSA) is 35.6 Å². The number of carbonyl (C=O) groups excluding carboxylic acids is 1. The Kier molecular flexibility index (Phi) is 6.54. The molecule has 1 amide bonds. The first-order chi connectivity index (χ1) is 14.5. The van der Waals surface area contributed by atoms with Gasteiger partial charge in [-0.25, -0.2) is 0 Å². The maximum absolute atomic E-state index is 12.5. The van der Waals surface area contributed by atoms with E-state index in [4.69, 9.17) is 12.2 Å². The van der Waals surface area contributed by atoms with Crippen LogP contribution in [0.2, 0.25) is 0 Å². The van der Waals surface area contributed by atoms with Crippen molar-refractivity contribution in [1.29, 1.82) is 0 Å². The molecule has 1 atom stereocenters. The summed E-state index contributed by atoms with van der Waals surface area (Å²) in [6.45, 7) is 5.82. The Morgan fingerprint density at radius 2 is 1.83 bits per heavy atom. The molecule has 2 aromatic rings. The Hall–Kier alpha value is -2.18. The number of hydrogen-bond acceptors (Lipinski definition) is 3. The molecule has 2 saturated heterocycles. The van der Waals surface area contributed by atoms with Gasteiger partial charge >= 0.3 is 0 Å². The summed E-state index contributed by atoms with van der Waals surface area (Å²) in [5.74, 6) is 0.125. The van der Waals surface area contributed by atoms with E-state index in [2.05, 4.69) is 46.8 Å². The molecular formula is C24H29N3OS2. The van der Waals surface area contributed by atoms with Crippen LogP contribution in [-0.2, 0) is 4.79 Å². The minimum Gasteiger partial charge on any atom is -0.356 e. The van der Waals surface area contributed by atoms with E-state index < -0.39 is 0 Å². The highest BCUT2D eigenvalue weighted by atomic mass is 32.1. The molecule has 0 radical (unpaired) electrons. The van der Waals surface area contributed by atoms with Crippen LogP contribution in [0.5, 0.6) is 0 Å². The third kappa shape index (κ3) is 4.93. The molecule has 1 aromatic heterocycles. The van der Waals surface area contributed by atoms with Gasteiger partial charge in [0.1, 0.15) is 0 Å². The quantitative estimate of drug-likeness (QED) is 0.553. The van der Waals surface area contributed by atoms with Crippen molar-refractivity contribution in [1.82, 2.24) is 15.1 Å². The normalized spacial score (nSPS) is 19.4. The molecule has 0 aliphatic carbocycles. The van der Waals surface area contributed by atoms with Gasteiger partial charge in [-0.05, 0) is 77.8 Å². The van der Waals surface area contributed by atoms with Gasteiger partial charge in [0.15, 0.2) is 5.11 Å². The Morgan fingerprint density at radius 3 is 2.50 bits per heavy atom. The second-order valence-corrected chi connectivity index (χ2v) is 9.64. The smallest absolute Gasteiger partial charge is 0.246 e. The van der Waals surface area contributed by atoms with Crippen molar-refractivity contribution in [2.24, 2.45) is 5.41 Å². The minimum atomic E-state index is 0.125. The molecule has 1 aromatic carbocycles. The number of benzene rings is 1. The molecule has 2 aliphatic heterocycles. The number of piperidine rings is 1. The lowest BCUT2D eigenvalue weighted by Crippen LogP contribution is -2.45. The van der Waals surface area contributed by atoms with Crippen molar-refractivity contribution >= 4 is 40.7 Å². The first-order valence-electron chi connectivity index (χ1n) is 10.6. The first kappa shape index (κ1) is 21.1. The molecule has 158 valence electrons. The summed E-state index contributed by atoms with van der Waals surface area (Å²) in [6, 6.07) is 12.6. The summed E-state index contributed by atoms with van der Waals surface area (Å²) in [5.41, 5.74) is 2.63. The van der Waals surface area contributed by atoms with E-state index in [9.17, 15) is 4.79 Å². The van der Waals surface area contributed by atoms with Crippen LogP contribution in [0.15, 0.2) is 53.2 Å². The lowest BCUT2D eigenvalue weighted by atomic mass is 9.78. The minimum absolute atomic E-state index is 0.125. The lowest BCUT2D eigenvalue weighted by molar-refractivity contribution is -0.128. The van der Waals surface area contributed by atoms with Gasteiger partial charge in [-0.1, -0.05) is 30.3 Å². The molecule has 3 heterocycles. The van der Waals surface area contributed by atoms with Crippen LogP contribution in [0.25, 0.3) is 6.08 Å². The standard InChI is InChI=1S/C24H29N3OS2/c1-19(21-5-3-2-4-6-21)25-23(29)27-15-12-24(18-27)10-13-26(14-11-24)22(28)8-7-20-9-16-30-17-20/h2-9,16-17,19H,10-15,18H2,1H3,(H,25,29)/b8-7+. The fourth-order valence-electron chi connectivity index (χ4n) is 4.46. The van der Waals surface area contributed by atoms with Crippen LogP contribution < -0.4 is 5.32 Å². The van der Waals surface area contributed by atoms with Crippen LogP contribution in [0.1, 0.15) is 43.4 Å². The maximum atomic E-state index is 12.5. The number of hydrogen-bond donors (Lipinski definition) is 1. The average molecular weight is 440 g/mol. The SMILES string of the molecule is CC(NC(=S)N1CCC2(CCN(C(=O)/C=C/c3ccsc3)CC2)C1)c1ccccc1. The largest absolute Gasteiger partial charge is 0.356 e. The van der Waals surface area contributed by atoms with Crippen molar-refractivity contribution in [3.63, 3.8) is 0 Å². The second kappa shape index (κ2) is 9.31. The van der Waals surface area contributed by atoms with Crippen molar-refractivity contribution in [2.45, 2.75) is 32.2 Å². The summed E-state index contributed by atoms with van der Waals surface area (Å²) in [6.07, 6.45) is 6.89. The summed E-state index contributed by atoms with van der Waals surface area (Å²) in [5, 5.41) is 8.43. The number of thiophene rings is 1. The van der Waals surface area contributed by atoms with Gasteiger partial charge in [0.25, 0.3) is 0 Å². The Balaban J connectivity index is 1.27. The zero-order valence-corrected chi connectivity index (χ0v) is 19.1. The van der Waals surface area contributed by atoms with Crippen LogP contribution in [0, 0.1) is 5.41 Å². The molecule has 4 nitrogen and oxygen atoms in total. The summed E-state index contributed by atoms with van der Waals surface area (Å²) >= 11 is 7.37. The summed E-state index contributed by atoms with van der Waals surface area (Å²) in [7, 11) is 0. The number of thiocarbonyl (C=S) groups is 1. The van der Waals surface area contributed by atoms with Gasteiger partial charge in [0, 0.05) is 32.3 Å². The van der Waals surface area contributed by atoms with Crippen molar-refractivity contribution in [3.05, 3.63) is 64.4 Å². The molecule has 1 N–H and O–H groups in total. The zero-order chi connectivity index (χ0) is 21.0. The molecule has 30 heavy (non-hydrogen) atoms. The molecule has 6 heteroatoms. The Labute approximate surface area is 188 Å². The number of amides is 1. The van der Waals surface area contributed by atoms with E-state index in [0.717, 1.165) is 56.1 Å². The monoisotopic (exact) mass is 439 g/mol. The highest BCUT2D eigenvalue weighted by Crippen LogP contribution is 2.40. The molecule has 2 fully saturated rings. The molecule has 0 saturated carbocycles. The van der Waals surface area contributed by atoms with Crippen molar-refractivity contribution in [3.8, 4) is 0 Å². The van der Waals surface area contributed by atoms with Crippen molar-refractivity contribution in [2.75, 3.05) is 26.2 Å². The molecule has 4 rings (SSSR count). The van der Waals surface area contributed by atoms with Crippen LogP contribution in [-0.4, -0.2) is 47.0 Å². The molecule has 1 spiro atoms. The molecule has 1 unspecified atom stereocenters. The van der Waals surface area contributed by atoms with Gasteiger partial charge in [-0.3, -0.25) is 4.79 Å². The number of nitrogens with one attached hydrogen (secondary N) is 1. The number of likely N-dealkylation sites (tertiary alicyclic amines) is 2. The summed E-state index contributed by atoms with van der Waals surface area (Å²) in [4.78, 5) is 16.8. The highest BCUT2D eigenvalue weighted by Gasteiger charge is 2.41. The first-order valence-corrected chi connectivity index (χ1v) is 12.0. The third-order valence-corrected chi connectivity index (χ3v) is 7.54. The van der Waals surface area contributed by atoms with Crippen LogP contribution in [0.4, 0.5) is 0 Å². The molecule has 2 aliphatic rings. The number of rotatable bonds is 4. The van der Waals surface area contributed by atoms with E-state index in [1.54, 1.807) is 17.4 Å². The van der Waals surface area contributed by atoms with Crippen molar-refractivity contribution < 1.29 is 4.79 Å². The average Bonchev–Trinajstić information content (AvgIpc) is 3.44. The fourth-order valence-corrected chi connectivity index (χ4v) is 5.42. The summed E-state index contributed by atoms with van der Waals surface area (Å²) < 4.78 is 0. The van der Waals surface area contributed by atoms with Crippen LogP contribution in [0.3, 0.4) is 0 Å². The van der Waals surface area contributed by atoms with Gasteiger partial charge in [-0.15, -0.1) is 0 Å². The molecular weight excluding hydrogens is 410 g/mol. The van der Waals surface area contributed by atoms with Gasteiger partial charge in [0.05, 0.1) is 6.04 Å². The van der Waals surface area contributed by atoms with E-state index in [-0.39, 0.29) is 17.4 Å². The lowest BCUT2D eigenvalue weighted by Gasteiger charge is -2.39. The highest BCUT2D eigenvalue weighted by molar-refractivity contribution is 7.80. The maximum Gasteiger partial charge on any atom is 0.246 e.